The smallest absolute Gasteiger partial charge is 0.303 e. The van der Waals surface area contributed by atoms with Crippen LogP contribution in [0.25, 0.3) is 0 Å². The molecule has 11 heteroatoms. The van der Waals surface area contributed by atoms with Gasteiger partial charge in [-0.15, -0.1) is 11.8 Å². The van der Waals surface area contributed by atoms with Gasteiger partial charge in [-0.3, -0.25) is 19.2 Å². The molecule has 210 valence electrons. The van der Waals surface area contributed by atoms with Crippen molar-refractivity contribution in [2.24, 2.45) is 0 Å². The second-order valence-electron chi connectivity index (χ2n) is 8.82. The fourth-order valence-electron chi connectivity index (χ4n) is 4.14. The van der Waals surface area contributed by atoms with Crippen LogP contribution in [0.1, 0.15) is 38.8 Å². The van der Waals surface area contributed by atoms with E-state index in [1.54, 1.807) is 13.2 Å². The highest BCUT2D eigenvalue weighted by molar-refractivity contribution is 8.00. The first kappa shape index (κ1) is 29.8. The highest BCUT2D eigenvalue weighted by atomic mass is 32.2. The van der Waals surface area contributed by atoms with Gasteiger partial charge >= 0.3 is 23.9 Å². The molecule has 3 rings (SSSR count). The van der Waals surface area contributed by atoms with Crippen molar-refractivity contribution in [2.45, 2.75) is 63.1 Å². The van der Waals surface area contributed by atoms with E-state index in [1.807, 2.05) is 42.5 Å². The van der Waals surface area contributed by atoms with Gasteiger partial charge < -0.3 is 28.4 Å². The average molecular weight is 561 g/mol. The zero-order chi connectivity index (χ0) is 28.5. The van der Waals surface area contributed by atoms with Crippen molar-refractivity contribution in [3.05, 3.63) is 59.7 Å². The Morgan fingerprint density at radius 3 is 1.92 bits per heavy atom. The number of para-hydroxylation sites is 1. The number of thioether (sulfide) groups is 1. The van der Waals surface area contributed by atoms with Gasteiger partial charge in [0.15, 0.2) is 23.7 Å². The Balaban J connectivity index is 1.97. The van der Waals surface area contributed by atoms with Crippen molar-refractivity contribution in [1.82, 2.24) is 0 Å². The summed E-state index contributed by atoms with van der Waals surface area (Å²) in [6, 6.07) is 15.0. The number of ether oxygens (including phenoxy) is 6. The summed E-state index contributed by atoms with van der Waals surface area (Å²) >= 11 is 1.16. The second-order valence-corrected chi connectivity index (χ2v) is 10.2. The minimum absolute atomic E-state index is 0.157. The van der Waals surface area contributed by atoms with Crippen LogP contribution in [0, 0.1) is 0 Å². The third-order valence-electron chi connectivity index (χ3n) is 5.72. The Kier molecular flexibility index (Phi) is 10.6. The Hall–Kier alpha value is -3.73. The van der Waals surface area contributed by atoms with Crippen LogP contribution in [0.3, 0.4) is 0 Å². The van der Waals surface area contributed by atoms with E-state index in [2.05, 4.69) is 0 Å². The van der Waals surface area contributed by atoms with E-state index in [0.717, 1.165) is 28.6 Å². The summed E-state index contributed by atoms with van der Waals surface area (Å²) in [6.07, 6.45) is -2.88. The molecule has 39 heavy (non-hydrogen) atoms. The second kappa shape index (κ2) is 13.9. The van der Waals surface area contributed by atoms with Gasteiger partial charge in [0.25, 0.3) is 0 Å². The van der Waals surface area contributed by atoms with Gasteiger partial charge in [-0.05, 0) is 29.3 Å². The molecular weight excluding hydrogens is 528 g/mol. The summed E-state index contributed by atoms with van der Waals surface area (Å²) in [4.78, 5) is 47.7. The molecule has 0 amide bonds. The maximum Gasteiger partial charge on any atom is 0.303 e. The topological polar surface area (TPSA) is 124 Å². The SMILES string of the molecule is COc1ccc(Cc2ccccc2O[C@@H]2S[C@H](COC(C)=O)[C@@H](OC(C)=O)[C@H](OC(C)=O)[C@H]2OC(C)=O)cc1. The van der Waals surface area contributed by atoms with Crippen LogP contribution in [0.15, 0.2) is 48.5 Å². The van der Waals surface area contributed by atoms with Crippen LogP contribution in [0.5, 0.6) is 11.5 Å². The van der Waals surface area contributed by atoms with Gasteiger partial charge in [-0.1, -0.05) is 30.3 Å². The molecule has 0 saturated carbocycles. The van der Waals surface area contributed by atoms with Crippen molar-refractivity contribution < 1.29 is 47.6 Å². The van der Waals surface area contributed by atoms with Crippen LogP contribution in [-0.2, 0) is 44.5 Å². The van der Waals surface area contributed by atoms with Gasteiger partial charge in [0, 0.05) is 34.1 Å². The fraction of sp³-hybridized carbons (Fsp3) is 0.429. The van der Waals surface area contributed by atoms with Gasteiger partial charge in [0.1, 0.15) is 18.1 Å². The van der Waals surface area contributed by atoms with E-state index in [-0.39, 0.29) is 6.61 Å². The van der Waals surface area contributed by atoms with E-state index < -0.39 is 52.9 Å². The molecule has 1 saturated heterocycles. The number of hydrogen-bond acceptors (Lipinski definition) is 11. The zero-order valence-corrected chi connectivity index (χ0v) is 23.2. The standard InChI is InChI=1S/C28H32O10S/c1-16(29)34-15-24-25(35-17(2)30)26(36-18(3)31)27(37-19(4)32)28(39-24)38-23-9-7-6-8-21(23)14-20-10-12-22(33-5)13-11-20/h6-13,24-28H,14-15H2,1-5H3/t24-,25-,26+,27-,28-/m1/s1. The summed E-state index contributed by atoms with van der Waals surface area (Å²) in [5.74, 6) is -1.24. The lowest BCUT2D eigenvalue weighted by molar-refractivity contribution is -0.190. The van der Waals surface area contributed by atoms with Crippen molar-refractivity contribution >= 4 is 35.6 Å². The lowest BCUT2D eigenvalue weighted by atomic mass is 10.0. The summed E-state index contributed by atoms with van der Waals surface area (Å²) in [5.41, 5.74) is 0.968. The zero-order valence-electron chi connectivity index (χ0n) is 22.4. The van der Waals surface area contributed by atoms with Crippen LogP contribution < -0.4 is 9.47 Å². The maximum absolute atomic E-state index is 12.1. The molecule has 2 aromatic rings. The molecule has 1 aliphatic heterocycles. The molecule has 5 atom stereocenters. The molecule has 0 unspecified atom stereocenters. The number of carbonyl (C=O) groups is 4. The van der Waals surface area contributed by atoms with E-state index in [0.29, 0.717) is 12.2 Å². The number of benzene rings is 2. The first-order valence-corrected chi connectivity index (χ1v) is 13.2. The van der Waals surface area contributed by atoms with E-state index in [4.69, 9.17) is 28.4 Å². The molecule has 2 aromatic carbocycles. The molecule has 1 aliphatic rings. The Morgan fingerprint density at radius 2 is 1.33 bits per heavy atom. The lowest BCUT2D eigenvalue weighted by Gasteiger charge is -2.43. The Bertz CT molecular complexity index is 1170. The quantitative estimate of drug-likeness (QED) is 0.313. The predicted octanol–water partition coefficient (Wildman–Crippen LogP) is 3.46. The van der Waals surface area contributed by atoms with Crippen molar-refractivity contribution in [3.63, 3.8) is 0 Å². The van der Waals surface area contributed by atoms with Crippen molar-refractivity contribution in [1.29, 1.82) is 0 Å². The molecule has 0 spiro atoms. The summed E-state index contributed by atoms with van der Waals surface area (Å²) in [5, 5.41) is -0.687. The van der Waals surface area contributed by atoms with Crippen LogP contribution in [0.4, 0.5) is 0 Å². The lowest BCUT2D eigenvalue weighted by Crippen LogP contribution is -2.59. The molecule has 1 heterocycles. The summed E-state index contributed by atoms with van der Waals surface area (Å²) < 4.78 is 33.5. The average Bonchev–Trinajstić information content (AvgIpc) is 2.87. The predicted molar refractivity (Wildman–Crippen MR) is 141 cm³/mol. The maximum atomic E-state index is 12.1. The normalized spacial score (nSPS) is 22.2. The number of methoxy groups -OCH3 is 1. The van der Waals surface area contributed by atoms with Crippen LogP contribution in [0.2, 0.25) is 0 Å². The van der Waals surface area contributed by atoms with Crippen LogP contribution >= 0.6 is 11.8 Å². The fourth-order valence-corrected chi connectivity index (χ4v) is 5.52. The van der Waals surface area contributed by atoms with E-state index in [1.165, 1.54) is 27.7 Å². The molecule has 1 fully saturated rings. The third-order valence-corrected chi connectivity index (χ3v) is 7.10. The monoisotopic (exact) mass is 560 g/mol. The number of rotatable bonds is 10. The highest BCUT2D eigenvalue weighted by Crippen LogP contribution is 2.40. The summed E-state index contributed by atoms with van der Waals surface area (Å²) in [7, 11) is 1.60. The molecule has 0 bridgehead atoms. The van der Waals surface area contributed by atoms with Gasteiger partial charge in [-0.25, -0.2) is 0 Å². The number of carbonyl (C=O) groups excluding carboxylic acids is 4. The Labute approximate surface area is 231 Å². The highest BCUT2D eigenvalue weighted by Gasteiger charge is 2.53. The van der Waals surface area contributed by atoms with Gasteiger partial charge in [-0.2, -0.15) is 0 Å². The minimum Gasteiger partial charge on any atom is -0.497 e. The number of esters is 4. The van der Waals surface area contributed by atoms with Crippen molar-refractivity contribution in [3.8, 4) is 11.5 Å². The number of hydrogen-bond donors (Lipinski definition) is 0. The minimum atomic E-state index is -1.21. The molecule has 0 N–H and O–H groups in total. The molecule has 0 aromatic heterocycles. The first-order valence-electron chi connectivity index (χ1n) is 12.2. The van der Waals surface area contributed by atoms with Gasteiger partial charge in [0.2, 0.25) is 0 Å². The third kappa shape index (κ3) is 8.64. The summed E-state index contributed by atoms with van der Waals surface area (Å²) in [6.45, 7) is 4.71. The largest absolute Gasteiger partial charge is 0.497 e. The van der Waals surface area contributed by atoms with Crippen LogP contribution in [-0.4, -0.2) is 66.6 Å². The molecular formula is C28H32O10S. The molecule has 10 nitrogen and oxygen atoms in total. The van der Waals surface area contributed by atoms with Gasteiger partial charge in [0.05, 0.1) is 12.4 Å². The molecule has 0 radical (unpaired) electrons. The molecule has 0 aliphatic carbocycles. The van der Waals surface area contributed by atoms with Crippen molar-refractivity contribution in [2.75, 3.05) is 13.7 Å². The first-order chi connectivity index (χ1) is 18.6. The van der Waals surface area contributed by atoms with E-state index in [9.17, 15) is 19.2 Å². The van der Waals surface area contributed by atoms with E-state index >= 15 is 0 Å². The Morgan fingerprint density at radius 1 is 0.744 bits per heavy atom.